The molecule has 0 aromatic carbocycles. The summed E-state index contributed by atoms with van der Waals surface area (Å²) in [6, 6.07) is 4.18. The van der Waals surface area contributed by atoms with Crippen LogP contribution >= 0.6 is 0 Å². The molecule has 0 unspecified atom stereocenters. The second-order valence-corrected chi connectivity index (χ2v) is 3.30. The van der Waals surface area contributed by atoms with E-state index in [0.29, 0.717) is 5.92 Å². The minimum Gasteiger partial charge on any atom is -0.261 e. The Bertz CT molecular complexity index is 234. The van der Waals surface area contributed by atoms with Crippen LogP contribution < -0.4 is 0 Å². The van der Waals surface area contributed by atoms with Gasteiger partial charge < -0.3 is 0 Å². The maximum atomic E-state index is 4.20. The van der Waals surface area contributed by atoms with Crippen LogP contribution in [0, 0.1) is 6.92 Å². The molecule has 1 rings (SSSR count). The molecular formula is C14H25N. The highest BCUT2D eigenvalue weighted by Gasteiger charge is 1.96. The van der Waals surface area contributed by atoms with Crippen molar-refractivity contribution in [2.24, 2.45) is 0 Å². The van der Waals surface area contributed by atoms with Gasteiger partial charge in [0.15, 0.2) is 0 Å². The zero-order valence-electron chi connectivity index (χ0n) is 11.0. The summed E-state index contributed by atoms with van der Waals surface area (Å²) in [5.74, 6) is 0.591. The van der Waals surface area contributed by atoms with Crippen LogP contribution in [-0.2, 0) is 0 Å². The van der Waals surface area contributed by atoms with Crippen LogP contribution in [0.4, 0.5) is 0 Å². The van der Waals surface area contributed by atoms with E-state index in [9.17, 15) is 0 Å². The largest absolute Gasteiger partial charge is 0.261 e. The lowest BCUT2D eigenvalue weighted by Gasteiger charge is -2.02. The Labute approximate surface area is 95.3 Å². The molecule has 15 heavy (non-hydrogen) atoms. The van der Waals surface area contributed by atoms with Gasteiger partial charge in [0.1, 0.15) is 0 Å². The Balaban J connectivity index is 0. The molecule has 0 saturated carbocycles. The van der Waals surface area contributed by atoms with Gasteiger partial charge in [0.05, 0.1) is 0 Å². The van der Waals surface area contributed by atoms with Gasteiger partial charge in [-0.25, -0.2) is 0 Å². The molecule has 0 fully saturated rings. The molecule has 1 heterocycles. The molecule has 0 amide bonds. The van der Waals surface area contributed by atoms with Gasteiger partial charge in [-0.2, -0.15) is 0 Å². The summed E-state index contributed by atoms with van der Waals surface area (Å²) in [6.45, 7) is 15.6. The van der Waals surface area contributed by atoms with E-state index in [2.05, 4.69) is 37.5 Å². The molecule has 0 bridgehead atoms. The standard InChI is InChI=1S/C9H13N.C3H6.C2H6/c1-7(2)9-5-4-8(3)10-6-9;1-3-2;1-2/h4-7H,1-3H3;3H,1H2,2H3;1-2H3. The molecule has 1 aromatic rings. The van der Waals surface area contributed by atoms with Crippen molar-refractivity contribution < 1.29 is 0 Å². The first-order valence-electron chi connectivity index (χ1n) is 5.61. The number of rotatable bonds is 1. The van der Waals surface area contributed by atoms with E-state index in [1.165, 1.54) is 5.56 Å². The van der Waals surface area contributed by atoms with Crippen molar-refractivity contribution in [1.82, 2.24) is 4.98 Å². The van der Waals surface area contributed by atoms with E-state index in [-0.39, 0.29) is 0 Å². The van der Waals surface area contributed by atoms with Gasteiger partial charge in [0, 0.05) is 11.9 Å². The van der Waals surface area contributed by atoms with Crippen molar-refractivity contribution in [3.8, 4) is 0 Å². The Morgan fingerprint density at radius 2 is 1.73 bits per heavy atom. The second-order valence-electron chi connectivity index (χ2n) is 3.30. The molecule has 0 saturated heterocycles. The number of aryl methyl sites for hydroxylation is 1. The number of hydrogen-bond acceptors (Lipinski definition) is 1. The fourth-order valence-corrected chi connectivity index (χ4v) is 0.821. The van der Waals surface area contributed by atoms with Gasteiger partial charge in [-0.05, 0) is 31.4 Å². The number of nitrogens with zero attached hydrogens (tertiary/aromatic N) is 1. The molecule has 0 aliphatic heterocycles. The van der Waals surface area contributed by atoms with Crippen molar-refractivity contribution in [2.45, 2.75) is 47.5 Å². The fourth-order valence-electron chi connectivity index (χ4n) is 0.821. The molecule has 86 valence electrons. The van der Waals surface area contributed by atoms with Crippen molar-refractivity contribution in [3.63, 3.8) is 0 Å². The summed E-state index contributed by atoms with van der Waals surface area (Å²) in [5.41, 5.74) is 2.40. The molecule has 0 N–H and O–H groups in total. The third-order valence-corrected chi connectivity index (χ3v) is 1.60. The van der Waals surface area contributed by atoms with Crippen molar-refractivity contribution in [3.05, 3.63) is 42.2 Å². The maximum Gasteiger partial charge on any atom is 0.0372 e. The minimum absolute atomic E-state index is 0.591. The quantitative estimate of drug-likeness (QED) is 0.606. The van der Waals surface area contributed by atoms with Crippen molar-refractivity contribution in [1.29, 1.82) is 0 Å². The van der Waals surface area contributed by atoms with Crippen LogP contribution in [-0.4, -0.2) is 4.98 Å². The van der Waals surface area contributed by atoms with Gasteiger partial charge >= 0.3 is 0 Å². The molecule has 0 aliphatic carbocycles. The molecule has 0 radical (unpaired) electrons. The average molecular weight is 207 g/mol. The highest BCUT2D eigenvalue weighted by Crippen LogP contribution is 2.11. The number of allylic oxidation sites excluding steroid dienone is 1. The predicted molar refractivity (Wildman–Crippen MR) is 70.3 cm³/mol. The van der Waals surface area contributed by atoms with Crippen molar-refractivity contribution in [2.75, 3.05) is 0 Å². The SMILES string of the molecule is C=CC.CC.Cc1ccc(C(C)C)cn1. The van der Waals surface area contributed by atoms with Crippen LogP contribution in [0.3, 0.4) is 0 Å². The first-order valence-corrected chi connectivity index (χ1v) is 5.61. The van der Waals surface area contributed by atoms with Crippen LogP contribution in [0.2, 0.25) is 0 Å². The van der Waals surface area contributed by atoms with Crippen LogP contribution in [0.5, 0.6) is 0 Å². The Morgan fingerprint density at radius 3 is 2.00 bits per heavy atom. The summed E-state index contributed by atoms with van der Waals surface area (Å²) >= 11 is 0. The first-order chi connectivity index (χ1) is 7.11. The summed E-state index contributed by atoms with van der Waals surface area (Å²) in [7, 11) is 0. The van der Waals surface area contributed by atoms with Gasteiger partial charge in [-0.15, -0.1) is 6.58 Å². The van der Waals surface area contributed by atoms with Crippen LogP contribution in [0.15, 0.2) is 31.0 Å². The predicted octanol–water partition coefficient (Wildman–Crippen LogP) is 4.73. The number of pyridine rings is 1. The van der Waals surface area contributed by atoms with E-state index in [4.69, 9.17) is 0 Å². The van der Waals surface area contributed by atoms with Gasteiger partial charge in [-0.1, -0.05) is 39.8 Å². The van der Waals surface area contributed by atoms with Gasteiger partial charge in [-0.3, -0.25) is 4.98 Å². The molecular weight excluding hydrogens is 182 g/mol. The van der Waals surface area contributed by atoms with E-state index in [0.717, 1.165) is 5.69 Å². The highest BCUT2D eigenvalue weighted by atomic mass is 14.7. The monoisotopic (exact) mass is 207 g/mol. The zero-order chi connectivity index (χ0) is 12.3. The first kappa shape index (κ1) is 16.3. The molecule has 0 aliphatic rings. The van der Waals surface area contributed by atoms with Crippen LogP contribution in [0.1, 0.15) is 51.8 Å². The fraction of sp³-hybridized carbons (Fsp3) is 0.500. The summed E-state index contributed by atoms with van der Waals surface area (Å²) in [6.07, 6.45) is 3.69. The third-order valence-electron chi connectivity index (χ3n) is 1.60. The Hall–Kier alpha value is -1.11. The second kappa shape index (κ2) is 11.0. The van der Waals surface area contributed by atoms with E-state index >= 15 is 0 Å². The van der Waals surface area contributed by atoms with Gasteiger partial charge in [0.2, 0.25) is 0 Å². The minimum atomic E-state index is 0.591. The topological polar surface area (TPSA) is 12.9 Å². The number of aromatic nitrogens is 1. The normalized spacial score (nSPS) is 8.20. The Morgan fingerprint density at radius 1 is 1.27 bits per heavy atom. The lowest BCUT2D eigenvalue weighted by atomic mass is 10.1. The smallest absolute Gasteiger partial charge is 0.0372 e. The summed E-state index contributed by atoms with van der Waals surface area (Å²) < 4.78 is 0. The molecule has 0 spiro atoms. The lowest BCUT2D eigenvalue weighted by molar-refractivity contribution is 0.855. The summed E-state index contributed by atoms with van der Waals surface area (Å²) in [4.78, 5) is 4.20. The summed E-state index contributed by atoms with van der Waals surface area (Å²) in [5, 5.41) is 0. The number of hydrogen-bond donors (Lipinski definition) is 0. The van der Waals surface area contributed by atoms with E-state index in [1.807, 2.05) is 33.9 Å². The van der Waals surface area contributed by atoms with Crippen LogP contribution in [0.25, 0.3) is 0 Å². The van der Waals surface area contributed by atoms with E-state index < -0.39 is 0 Å². The molecule has 1 aromatic heterocycles. The molecule has 1 nitrogen and oxygen atoms in total. The zero-order valence-corrected chi connectivity index (χ0v) is 11.0. The third kappa shape index (κ3) is 9.20. The molecule has 0 atom stereocenters. The lowest BCUT2D eigenvalue weighted by Crippen LogP contribution is -1.88. The van der Waals surface area contributed by atoms with E-state index in [1.54, 1.807) is 6.08 Å². The molecule has 1 heteroatoms. The van der Waals surface area contributed by atoms with Crippen molar-refractivity contribution >= 4 is 0 Å². The van der Waals surface area contributed by atoms with Gasteiger partial charge in [0.25, 0.3) is 0 Å². The maximum absolute atomic E-state index is 4.20. The highest BCUT2D eigenvalue weighted by molar-refractivity contribution is 5.15. The Kier molecular flexibility index (Phi) is 11.9. The average Bonchev–Trinajstić information content (AvgIpc) is 2.22.